The Balaban J connectivity index is 1.70. The van der Waals surface area contributed by atoms with Crippen LogP contribution in [-0.4, -0.2) is 48.6 Å². The van der Waals surface area contributed by atoms with Gasteiger partial charge in [-0.2, -0.15) is 0 Å². The van der Waals surface area contributed by atoms with Gasteiger partial charge in [0, 0.05) is 18.6 Å². The van der Waals surface area contributed by atoms with Crippen LogP contribution in [0, 0.1) is 5.92 Å². The van der Waals surface area contributed by atoms with Gasteiger partial charge in [-0.15, -0.1) is 0 Å². The van der Waals surface area contributed by atoms with Gasteiger partial charge in [-0.05, 0) is 45.1 Å². The molecule has 6 heteroatoms. The quantitative estimate of drug-likeness (QED) is 0.671. The number of likely N-dealkylation sites (tertiary alicyclic amines) is 1. The molecule has 0 spiro atoms. The van der Waals surface area contributed by atoms with Crippen LogP contribution in [0.2, 0.25) is 0 Å². The summed E-state index contributed by atoms with van der Waals surface area (Å²) < 4.78 is 0. The highest BCUT2D eigenvalue weighted by molar-refractivity contribution is 5.95. The molecule has 19 heavy (non-hydrogen) atoms. The van der Waals surface area contributed by atoms with E-state index in [2.05, 4.69) is 15.5 Å². The molecule has 0 aromatic heterocycles. The second-order valence-electron chi connectivity index (χ2n) is 5.79. The SMILES string of the molecule is CC(N)C1CCCN(CC(=O)NC(=O)NC2CC2)C1. The van der Waals surface area contributed by atoms with Crippen molar-refractivity contribution in [2.45, 2.75) is 44.7 Å². The molecule has 6 nitrogen and oxygen atoms in total. The van der Waals surface area contributed by atoms with Crippen molar-refractivity contribution in [1.29, 1.82) is 0 Å². The van der Waals surface area contributed by atoms with Crippen molar-refractivity contribution < 1.29 is 9.59 Å². The van der Waals surface area contributed by atoms with Gasteiger partial charge in [-0.1, -0.05) is 0 Å². The third-order valence-electron chi connectivity index (χ3n) is 3.82. The maximum absolute atomic E-state index is 11.8. The van der Waals surface area contributed by atoms with Crippen LogP contribution in [0.25, 0.3) is 0 Å². The van der Waals surface area contributed by atoms with Gasteiger partial charge in [0.2, 0.25) is 5.91 Å². The van der Waals surface area contributed by atoms with E-state index in [0.717, 1.165) is 38.8 Å². The number of hydrogen-bond acceptors (Lipinski definition) is 4. The standard InChI is InChI=1S/C13H24N4O2/c1-9(14)10-3-2-6-17(7-10)8-12(18)16-13(19)15-11-4-5-11/h9-11H,2-8,14H2,1H3,(H2,15,16,18,19). The fourth-order valence-corrected chi connectivity index (χ4v) is 2.48. The lowest BCUT2D eigenvalue weighted by molar-refractivity contribution is -0.121. The highest BCUT2D eigenvalue weighted by Gasteiger charge is 2.26. The highest BCUT2D eigenvalue weighted by atomic mass is 16.2. The van der Waals surface area contributed by atoms with Gasteiger partial charge < -0.3 is 11.1 Å². The van der Waals surface area contributed by atoms with Crippen molar-refractivity contribution in [1.82, 2.24) is 15.5 Å². The van der Waals surface area contributed by atoms with Gasteiger partial charge in [0.15, 0.2) is 0 Å². The van der Waals surface area contributed by atoms with Gasteiger partial charge in [-0.3, -0.25) is 15.0 Å². The minimum Gasteiger partial charge on any atom is -0.335 e. The molecule has 0 aromatic carbocycles. The van der Waals surface area contributed by atoms with Crippen molar-refractivity contribution in [2.24, 2.45) is 11.7 Å². The molecule has 2 rings (SSSR count). The molecular formula is C13H24N4O2. The lowest BCUT2D eigenvalue weighted by Crippen LogP contribution is -2.49. The third kappa shape index (κ3) is 4.80. The van der Waals surface area contributed by atoms with Gasteiger partial charge >= 0.3 is 6.03 Å². The number of urea groups is 1. The number of nitrogens with zero attached hydrogens (tertiary/aromatic N) is 1. The first kappa shape index (κ1) is 14.3. The van der Waals surface area contributed by atoms with Crippen LogP contribution >= 0.6 is 0 Å². The molecule has 1 aliphatic heterocycles. The van der Waals surface area contributed by atoms with Crippen LogP contribution in [0.15, 0.2) is 0 Å². The number of carbonyl (C=O) groups is 2. The first-order valence-electron chi connectivity index (χ1n) is 7.13. The number of nitrogens with two attached hydrogens (primary N) is 1. The van der Waals surface area contributed by atoms with E-state index in [4.69, 9.17) is 5.73 Å². The summed E-state index contributed by atoms with van der Waals surface area (Å²) in [5.41, 5.74) is 5.91. The maximum atomic E-state index is 11.8. The minimum absolute atomic E-state index is 0.157. The summed E-state index contributed by atoms with van der Waals surface area (Å²) in [4.78, 5) is 25.3. The summed E-state index contributed by atoms with van der Waals surface area (Å²) in [5, 5.41) is 5.12. The summed E-state index contributed by atoms with van der Waals surface area (Å²) in [7, 11) is 0. The Kier molecular flexibility index (Phi) is 4.76. The topological polar surface area (TPSA) is 87.5 Å². The van der Waals surface area contributed by atoms with E-state index in [1.807, 2.05) is 6.92 Å². The normalized spacial score (nSPS) is 25.7. The molecular weight excluding hydrogens is 244 g/mol. The van der Waals surface area contributed by atoms with E-state index >= 15 is 0 Å². The molecule has 1 saturated carbocycles. The molecule has 3 amide bonds. The van der Waals surface area contributed by atoms with Crippen LogP contribution in [-0.2, 0) is 4.79 Å². The van der Waals surface area contributed by atoms with Crippen LogP contribution < -0.4 is 16.4 Å². The van der Waals surface area contributed by atoms with Crippen molar-refractivity contribution in [2.75, 3.05) is 19.6 Å². The zero-order valence-electron chi connectivity index (χ0n) is 11.5. The largest absolute Gasteiger partial charge is 0.335 e. The number of piperidine rings is 1. The van der Waals surface area contributed by atoms with Gasteiger partial charge in [0.1, 0.15) is 0 Å². The zero-order chi connectivity index (χ0) is 13.8. The first-order valence-corrected chi connectivity index (χ1v) is 7.13. The van der Waals surface area contributed by atoms with E-state index in [0.29, 0.717) is 5.92 Å². The van der Waals surface area contributed by atoms with Crippen molar-refractivity contribution in [3.63, 3.8) is 0 Å². The number of nitrogens with one attached hydrogen (secondary N) is 2. The summed E-state index contributed by atoms with van der Waals surface area (Å²) in [6, 6.07) is 0.0579. The predicted molar refractivity (Wildman–Crippen MR) is 72.5 cm³/mol. The molecule has 4 N–H and O–H groups in total. The van der Waals surface area contributed by atoms with Crippen molar-refractivity contribution in [3.8, 4) is 0 Å². The Labute approximate surface area is 114 Å². The smallest absolute Gasteiger partial charge is 0.321 e. The molecule has 0 bridgehead atoms. The highest BCUT2D eigenvalue weighted by Crippen LogP contribution is 2.19. The Morgan fingerprint density at radius 1 is 1.37 bits per heavy atom. The van der Waals surface area contributed by atoms with E-state index < -0.39 is 0 Å². The van der Waals surface area contributed by atoms with Gasteiger partial charge in [-0.25, -0.2) is 4.79 Å². The number of carbonyl (C=O) groups excluding carboxylic acids is 2. The first-order chi connectivity index (χ1) is 9.04. The molecule has 108 valence electrons. The van der Waals surface area contributed by atoms with Gasteiger partial charge in [0.05, 0.1) is 6.54 Å². The Morgan fingerprint density at radius 3 is 2.74 bits per heavy atom. The Morgan fingerprint density at radius 2 is 2.11 bits per heavy atom. The van der Waals surface area contributed by atoms with Crippen molar-refractivity contribution in [3.05, 3.63) is 0 Å². The molecule has 2 fully saturated rings. The fraction of sp³-hybridized carbons (Fsp3) is 0.846. The number of rotatable bonds is 4. The van der Waals surface area contributed by atoms with Crippen LogP contribution in [0.5, 0.6) is 0 Å². The second-order valence-corrected chi connectivity index (χ2v) is 5.79. The van der Waals surface area contributed by atoms with Crippen LogP contribution in [0.4, 0.5) is 4.79 Å². The maximum Gasteiger partial charge on any atom is 0.321 e. The van der Waals surface area contributed by atoms with Crippen molar-refractivity contribution >= 4 is 11.9 Å². The lowest BCUT2D eigenvalue weighted by atomic mass is 9.92. The Hall–Kier alpha value is -1.14. The summed E-state index contributed by atoms with van der Waals surface area (Å²) in [5.74, 6) is 0.213. The average molecular weight is 268 g/mol. The molecule has 1 aliphatic carbocycles. The van der Waals surface area contributed by atoms with Crippen LogP contribution in [0.3, 0.4) is 0 Å². The van der Waals surface area contributed by atoms with E-state index in [1.165, 1.54) is 0 Å². The number of imide groups is 1. The molecule has 2 atom stereocenters. The summed E-state index contributed by atoms with van der Waals surface area (Å²) in [6.07, 6.45) is 4.22. The second kappa shape index (κ2) is 6.34. The molecule has 0 aromatic rings. The molecule has 1 heterocycles. The zero-order valence-corrected chi connectivity index (χ0v) is 11.5. The summed E-state index contributed by atoms with van der Waals surface area (Å²) >= 11 is 0. The van der Waals surface area contributed by atoms with E-state index in [1.54, 1.807) is 0 Å². The van der Waals surface area contributed by atoms with Crippen LogP contribution in [0.1, 0.15) is 32.6 Å². The average Bonchev–Trinajstić information content (AvgIpc) is 3.12. The summed E-state index contributed by atoms with van der Waals surface area (Å²) in [6.45, 7) is 4.04. The van der Waals surface area contributed by atoms with E-state index in [9.17, 15) is 9.59 Å². The monoisotopic (exact) mass is 268 g/mol. The third-order valence-corrected chi connectivity index (χ3v) is 3.82. The molecule has 2 aliphatic rings. The van der Waals surface area contributed by atoms with Gasteiger partial charge in [0.25, 0.3) is 0 Å². The minimum atomic E-state index is -0.367. The molecule has 0 radical (unpaired) electrons. The number of amides is 3. The number of hydrogen-bond donors (Lipinski definition) is 3. The molecule has 1 saturated heterocycles. The molecule has 2 unspecified atom stereocenters. The lowest BCUT2D eigenvalue weighted by Gasteiger charge is -2.34. The Bertz CT molecular complexity index is 342. The predicted octanol–water partition coefficient (Wildman–Crippen LogP) is 0.0338. The fourth-order valence-electron chi connectivity index (χ4n) is 2.48. The van der Waals surface area contributed by atoms with E-state index in [-0.39, 0.29) is 30.6 Å².